The van der Waals surface area contributed by atoms with Crippen molar-refractivity contribution in [2.45, 2.75) is 31.7 Å². The summed E-state index contributed by atoms with van der Waals surface area (Å²) in [5.74, 6) is -4.22. The lowest BCUT2D eigenvalue weighted by atomic mass is 9.96. The zero-order chi connectivity index (χ0) is 26.7. The van der Waals surface area contributed by atoms with E-state index < -0.39 is 42.4 Å². The third-order valence-electron chi connectivity index (χ3n) is 6.20. The highest BCUT2D eigenvalue weighted by Crippen LogP contribution is 2.35. The van der Waals surface area contributed by atoms with Gasteiger partial charge >= 0.3 is 12.4 Å². The molecule has 0 aromatic carbocycles. The number of amides is 1. The SMILES string of the molecule is O=C(c1cc2c(cn1)c(-c1cnc3c(F)cc(F)cn13)nn2CC(F)(F)F)N1CCC(C(F)(F)F)CC1. The minimum atomic E-state index is -4.71. The van der Waals surface area contributed by atoms with E-state index in [9.17, 15) is 39.9 Å². The number of aromatic nitrogens is 5. The second kappa shape index (κ2) is 8.66. The number of imidazole rings is 1. The monoisotopic (exact) mass is 532 g/mol. The highest BCUT2D eigenvalue weighted by Gasteiger charge is 2.42. The molecule has 0 atom stereocenters. The van der Waals surface area contributed by atoms with Crippen LogP contribution in [0.15, 0.2) is 30.7 Å². The summed E-state index contributed by atoms with van der Waals surface area (Å²) in [4.78, 5) is 21.9. The number of pyridine rings is 2. The largest absolute Gasteiger partial charge is 0.408 e. The topological polar surface area (TPSA) is 68.3 Å². The first-order valence-electron chi connectivity index (χ1n) is 10.9. The Bertz CT molecular complexity index is 1500. The first-order valence-corrected chi connectivity index (χ1v) is 10.9. The number of carbonyl (C=O) groups is 1. The molecule has 4 aromatic rings. The van der Waals surface area contributed by atoms with E-state index in [1.807, 2.05) is 0 Å². The molecule has 196 valence electrons. The molecule has 0 saturated carbocycles. The summed E-state index contributed by atoms with van der Waals surface area (Å²) in [7, 11) is 0. The highest BCUT2D eigenvalue weighted by molar-refractivity contribution is 5.99. The van der Waals surface area contributed by atoms with Crippen LogP contribution in [-0.4, -0.2) is 60.4 Å². The van der Waals surface area contributed by atoms with E-state index in [2.05, 4.69) is 15.1 Å². The Labute approximate surface area is 202 Å². The molecule has 0 spiro atoms. The van der Waals surface area contributed by atoms with Gasteiger partial charge in [0.1, 0.15) is 23.7 Å². The number of alkyl halides is 6. The average Bonchev–Trinajstić information content (AvgIpc) is 3.38. The quantitative estimate of drug-likeness (QED) is 0.349. The first-order chi connectivity index (χ1) is 17.3. The van der Waals surface area contributed by atoms with Gasteiger partial charge in [-0.1, -0.05) is 0 Å². The minimum Gasteiger partial charge on any atom is -0.337 e. The van der Waals surface area contributed by atoms with E-state index in [0.29, 0.717) is 10.7 Å². The minimum absolute atomic E-state index is 0.0191. The Balaban J connectivity index is 1.55. The molecule has 0 unspecified atom stereocenters. The molecule has 5 heterocycles. The van der Waals surface area contributed by atoms with Crippen LogP contribution >= 0.6 is 0 Å². The normalized spacial score (nSPS) is 15.7. The van der Waals surface area contributed by atoms with Crippen molar-refractivity contribution < 1.29 is 39.9 Å². The Kier molecular flexibility index (Phi) is 5.83. The number of piperidine rings is 1. The Morgan fingerprint density at radius 1 is 1.00 bits per heavy atom. The molecule has 7 nitrogen and oxygen atoms in total. The third-order valence-corrected chi connectivity index (χ3v) is 6.20. The zero-order valence-electron chi connectivity index (χ0n) is 18.6. The average molecular weight is 532 g/mol. The summed E-state index contributed by atoms with van der Waals surface area (Å²) >= 11 is 0. The number of halogens is 8. The van der Waals surface area contributed by atoms with Crippen molar-refractivity contribution in [3.05, 3.63) is 48.1 Å². The summed E-state index contributed by atoms with van der Waals surface area (Å²) < 4.78 is 108. The standard InChI is InChI=1S/C22H16F8N6O/c23-12-5-14(24)19-32-8-17(35(19)9-12)18-13-7-31-15(6-16(13)36(33-18)10-21(25,26)27)20(37)34-3-1-11(2-4-34)22(28,29)30/h5-9,11H,1-4,10H2. The van der Waals surface area contributed by atoms with Gasteiger partial charge in [0.25, 0.3) is 5.91 Å². The summed E-state index contributed by atoms with van der Waals surface area (Å²) in [5, 5.41) is 4.02. The summed E-state index contributed by atoms with van der Waals surface area (Å²) in [5.41, 5.74) is -0.841. The Morgan fingerprint density at radius 2 is 1.70 bits per heavy atom. The van der Waals surface area contributed by atoms with Gasteiger partial charge in [-0.3, -0.25) is 18.9 Å². The van der Waals surface area contributed by atoms with Crippen LogP contribution in [0.25, 0.3) is 27.9 Å². The van der Waals surface area contributed by atoms with Gasteiger partial charge < -0.3 is 4.90 Å². The maximum Gasteiger partial charge on any atom is 0.408 e. The van der Waals surface area contributed by atoms with Gasteiger partial charge in [0, 0.05) is 36.9 Å². The van der Waals surface area contributed by atoms with Gasteiger partial charge in [-0.2, -0.15) is 31.4 Å². The van der Waals surface area contributed by atoms with E-state index in [1.165, 1.54) is 0 Å². The van der Waals surface area contributed by atoms with Gasteiger partial charge in [0.05, 0.1) is 23.3 Å². The van der Waals surface area contributed by atoms with Crippen LogP contribution in [0.1, 0.15) is 23.3 Å². The molecule has 0 bridgehead atoms. The van der Waals surface area contributed by atoms with Crippen LogP contribution < -0.4 is 0 Å². The number of hydrogen-bond acceptors (Lipinski definition) is 4. The number of hydrogen-bond donors (Lipinski definition) is 0. The smallest absolute Gasteiger partial charge is 0.337 e. The molecule has 37 heavy (non-hydrogen) atoms. The molecular formula is C22H16F8N6O. The lowest BCUT2D eigenvalue weighted by molar-refractivity contribution is -0.183. The lowest BCUT2D eigenvalue weighted by Gasteiger charge is -2.32. The summed E-state index contributed by atoms with van der Waals surface area (Å²) in [6.07, 6.45) is -6.58. The number of carbonyl (C=O) groups excluding carboxylic acids is 1. The zero-order valence-corrected chi connectivity index (χ0v) is 18.6. The molecule has 1 aliphatic heterocycles. The van der Waals surface area contributed by atoms with Crippen LogP contribution in [0, 0.1) is 17.6 Å². The molecule has 0 aliphatic carbocycles. The van der Waals surface area contributed by atoms with E-state index in [-0.39, 0.29) is 59.6 Å². The van der Waals surface area contributed by atoms with Gasteiger partial charge in [0.2, 0.25) is 0 Å². The fourth-order valence-corrected chi connectivity index (χ4v) is 4.43. The molecular weight excluding hydrogens is 516 g/mol. The third kappa shape index (κ3) is 4.69. The molecule has 1 fully saturated rings. The van der Waals surface area contributed by atoms with Crippen LogP contribution in [0.3, 0.4) is 0 Å². The Morgan fingerprint density at radius 3 is 2.35 bits per heavy atom. The van der Waals surface area contributed by atoms with Gasteiger partial charge in [0.15, 0.2) is 11.5 Å². The number of rotatable bonds is 3. The van der Waals surface area contributed by atoms with E-state index in [1.54, 1.807) is 0 Å². The molecule has 0 N–H and O–H groups in total. The first kappa shape index (κ1) is 24.9. The summed E-state index contributed by atoms with van der Waals surface area (Å²) in [6.45, 7) is -1.92. The van der Waals surface area contributed by atoms with Crippen molar-refractivity contribution in [1.29, 1.82) is 0 Å². The van der Waals surface area contributed by atoms with E-state index in [0.717, 1.165) is 34.0 Å². The maximum atomic E-state index is 14.1. The Hall–Kier alpha value is -3.78. The van der Waals surface area contributed by atoms with Crippen LogP contribution in [0.5, 0.6) is 0 Å². The maximum absolute atomic E-state index is 14.1. The van der Waals surface area contributed by atoms with E-state index in [4.69, 9.17) is 0 Å². The summed E-state index contributed by atoms with van der Waals surface area (Å²) in [6, 6.07) is 1.67. The molecule has 1 amide bonds. The van der Waals surface area contributed by atoms with Crippen molar-refractivity contribution in [1.82, 2.24) is 29.0 Å². The van der Waals surface area contributed by atoms with E-state index >= 15 is 0 Å². The fraction of sp³-hybridized carbons (Fsp3) is 0.364. The van der Waals surface area contributed by atoms with Crippen molar-refractivity contribution in [2.75, 3.05) is 13.1 Å². The molecule has 15 heteroatoms. The van der Waals surface area contributed by atoms with Crippen molar-refractivity contribution in [3.8, 4) is 11.4 Å². The highest BCUT2D eigenvalue weighted by atomic mass is 19.4. The van der Waals surface area contributed by atoms with Crippen LogP contribution in [-0.2, 0) is 6.54 Å². The van der Waals surface area contributed by atoms with Crippen LogP contribution in [0.4, 0.5) is 35.1 Å². The predicted molar refractivity (Wildman–Crippen MR) is 112 cm³/mol. The number of nitrogens with zero attached hydrogens (tertiary/aromatic N) is 6. The second-order valence-corrected chi connectivity index (χ2v) is 8.66. The van der Waals surface area contributed by atoms with Gasteiger partial charge in [-0.15, -0.1) is 0 Å². The van der Waals surface area contributed by atoms with Gasteiger partial charge in [-0.05, 0) is 18.9 Å². The predicted octanol–water partition coefficient (Wildman–Crippen LogP) is 5.00. The molecule has 4 aromatic heterocycles. The van der Waals surface area contributed by atoms with Crippen molar-refractivity contribution in [3.63, 3.8) is 0 Å². The van der Waals surface area contributed by atoms with Crippen LogP contribution in [0.2, 0.25) is 0 Å². The van der Waals surface area contributed by atoms with Crippen molar-refractivity contribution in [2.24, 2.45) is 5.92 Å². The molecule has 0 radical (unpaired) electrons. The molecule has 1 saturated heterocycles. The molecule has 1 aliphatic rings. The van der Waals surface area contributed by atoms with Gasteiger partial charge in [-0.25, -0.2) is 13.8 Å². The fourth-order valence-electron chi connectivity index (χ4n) is 4.43. The lowest BCUT2D eigenvalue weighted by Crippen LogP contribution is -2.42. The number of fused-ring (bicyclic) bond motifs is 2. The van der Waals surface area contributed by atoms with Crippen molar-refractivity contribution >= 4 is 22.5 Å². The molecule has 5 rings (SSSR count). The second-order valence-electron chi connectivity index (χ2n) is 8.66. The number of likely N-dealkylation sites (tertiary alicyclic amines) is 1.